The van der Waals surface area contributed by atoms with Gasteiger partial charge in [-0.2, -0.15) is 0 Å². The van der Waals surface area contributed by atoms with E-state index >= 15 is 0 Å². The van der Waals surface area contributed by atoms with Crippen molar-refractivity contribution in [3.8, 4) is 11.8 Å². The van der Waals surface area contributed by atoms with Gasteiger partial charge in [0.15, 0.2) is 5.15 Å². The quantitative estimate of drug-likeness (QED) is 0.251. The van der Waals surface area contributed by atoms with Crippen molar-refractivity contribution in [3.63, 3.8) is 0 Å². The molecule has 0 fully saturated rings. The first-order valence-corrected chi connectivity index (χ1v) is 4.03. The Kier molecular flexibility index (Phi) is 3.62. The van der Waals surface area contributed by atoms with Crippen LogP contribution >= 0.6 is 11.6 Å². The molecule has 0 saturated carbocycles. The maximum Gasteiger partial charge on any atom is 0.153 e. The molecule has 0 saturated heterocycles. The van der Waals surface area contributed by atoms with Gasteiger partial charge in [-0.05, 0) is 23.6 Å². The highest BCUT2D eigenvalue weighted by Gasteiger charge is 1.96. The zero-order chi connectivity index (χ0) is 10.4. The van der Waals surface area contributed by atoms with Crippen molar-refractivity contribution in [2.45, 2.75) is 0 Å². The van der Waals surface area contributed by atoms with Gasteiger partial charge in [-0.3, -0.25) is 0 Å². The molecular weight excluding hydrogens is 202 g/mol. The fourth-order valence-corrected chi connectivity index (χ4v) is 0.866. The number of halogens is 1. The highest BCUT2D eigenvalue weighted by Crippen LogP contribution is 2.14. The first-order valence-electron chi connectivity index (χ1n) is 3.66. The van der Waals surface area contributed by atoms with Gasteiger partial charge in [0.25, 0.3) is 0 Å². The minimum Gasteiger partial charge on any atom is -0.396 e. The predicted octanol–water partition coefficient (Wildman–Crippen LogP) is 1.98. The van der Waals surface area contributed by atoms with Crippen molar-refractivity contribution in [2.24, 2.45) is 5.11 Å². The fourth-order valence-electron chi connectivity index (χ4n) is 0.712. The van der Waals surface area contributed by atoms with E-state index in [1.54, 1.807) is 12.1 Å². The molecule has 6 heteroatoms. The van der Waals surface area contributed by atoms with Crippen molar-refractivity contribution in [1.29, 1.82) is 0 Å². The van der Waals surface area contributed by atoms with E-state index in [9.17, 15) is 0 Å². The summed E-state index contributed by atoms with van der Waals surface area (Å²) in [5.41, 5.74) is 14.3. The number of pyridine rings is 1. The van der Waals surface area contributed by atoms with Gasteiger partial charge < -0.3 is 5.73 Å². The van der Waals surface area contributed by atoms with Crippen LogP contribution in [0.3, 0.4) is 0 Å². The van der Waals surface area contributed by atoms with Gasteiger partial charge >= 0.3 is 0 Å². The number of aromatic nitrogens is 1. The number of nitrogen functional groups attached to an aromatic ring is 1. The molecule has 0 aliphatic carbocycles. The summed E-state index contributed by atoms with van der Waals surface area (Å²) < 4.78 is 0. The third-order valence-electron chi connectivity index (χ3n) is 1.31. The molecular formula is C8H6ClN5. The average Bonchev–Trinajstić information content (AvgIpc) is 2.18. The van der Waals surface area contributed by atoms with Crippen LogP contribution < -0.4 is 5.73 Å². The molecule has 0 radical (unpaired) electrons. The zero-order valence-electron chi connectivity index (χ0n) is 7.11. The second-order valence-electron chi connectivity index (χ2n) is 2.27. The molecule has 0 atom stereocenters. The minimum absolute atomic E-state index is 0.111. The SMILES string of the molecule is [N-]=[N+]=NCC#Cc1ccc(N)c(Cl)n1. The Labute approximate surface area is 85.5 Å². The standard InChI is InChI=1S/C8H6ClN5/c9-8-7(10)4-3-6(13-8)2-1-5-12-14-11/h3-4H,5,10H2. The number of hydrogen-bond donors (Lipinski definition) is 1. The van der Waals surface area contributed by atoms with E-state index in [1.165, 1.54) is 0 Å². The number of nitrogens with two attached hydrogens (primary N) is 1. The molecule has 1 heterocycles. The molecule has 0 bridgehead atoms. The molecule has 5 nitrogen and oxygen atoms in total. The Morgan fingerprint density at radius 3 is 3.07 bits per heavy atom. The van der Waals surface area contributed by atoms with Gasteiger partial charge in [0, 0.05) is 4.91 Å². The normalized spacial score (nSPS) is 8.36. The maximum absolute atomic E-state index is 7.98. The Morgan fingerprint density at radius 2 is 2.43 bits per heavy atom. The molecule has 0 aliphatic rings. The van der Waals surface area contributed by atoms with E-state index in [4.69, 9.17) is 22.9 Å². The van der Waals surface area contributed by atoms with Crippen molar-refractivity contribution in [2.75, 3.05) is 12.3 Å². The molecule has 1 aromatic heterocycles. The van der Waals surface area contributed by atoms with Crippen LogP contribution in [0.15, 0.2) is 17.2 Å². The van der Waals surface area contributed by atoms with Crippen LogP contribution in [0.25, 0.3) is 10.4 Å². The van der Waals surface area contributed by atoms with Crippen LogP contribution in [0, 0.1) is 11.8 Å². The van der Waals surface area contributed by atoms with Gasteiger partial charge in [-0.15, -0.1) is 0 Å². The van der Waals surface area contributed by atoms with E-state index in [0.717, 1.165) is 0 Å². The number of azide groups is 1. The lowest BCUT2D eigenvalue weighted by Gasteiger charge is -1.95. The minimum atomic E-state index is 0.111. The van der Waals surface area contributed by atoms with Gasteiger partial charge in [-0.1, -0.05) is 22.6 Å². The zero-order valence-corrected chi connectivity index (χ0v) is 7.86. The number of hydrogen-bond acceptors (Lipinski definition) is 3. The summed E-state index contributed by atoms with van der Waals surface area (Å²) in [5.74, 6) is 5.30. The lowest BCUT2D eigenvalue weighted by atomic mass is 10.3. The number of rotatable bonds is 1. The first-order chi connectivity index (χ1) is 6.74. The summed E-state index contributed by atoms with van der Waals surface area (Å²) in [6.07, 6.45) is 0. The van der Waals surface area contributed by atoms with Crippen LogP contribution in [0.5, 0.6) is 0 Å². The Bertz CT molecular complexity index is 439. The molecule has 0 unspecified atom stereocenters. The fraction of sp³-hybridized carbons (Fsp3) is 0.125. The monoisotopic (exact) mass is 207 g/mol. The van der Waals surface area contributed by atoms with Crippen LogP contribution in [0.1, 0.15) is 5.69 Å². The first kappa shape index (κ1) is 10.2. The van der Waals surface area contributed by atoms with Crippen molar-refractivity contribution >= 4 is 17.3 Å². The smallest absolute Gasteiger partial charge is 0.153 e. The molecule has 1 rings (SSSR count). The summed E-state index contributed by atoms with van der Waals surface area (Å²) in [4.78, 5) is 6.46. The Balaban J connectivity index is 2.80. The second-order valence-corrected chi connectivity index (χ2v) is 2.63. The third kappa shape index (κ3) is 2.87. The molecule has 2 N–H and O–H groups in total. The summed E-state index contributed by atoms with van der Waals surface area (Å²) >= 11 is 5.67. The molecule has 0 aliphatic heterocycles. The van der Waals surface area contributed by atoms with Gasteiger partial charge in [0.05, 0.1) is 12.2 Å². The van der Waals surface area contributed by atoms with Crippen LogP contribution in [0.2, 0.25) is 5.15 Å². The number of anilines is 1. The van der Waals surface area contributed by atoms with Gasteiger partial charge in [0.2, 0.25) is 0 Å². The van der Waals surface area contributed by atoms with E-state index in [1.807, 2.05) is 0 Å². The van der Waals surface area contributed by atoms with Crippen LogP contribution in [-0.4, -0.2) is 11.5 Å². The lowest BCUT2D eigenvalue weighted by molar-refractivity contribution is 1.24. The van der Waals surface area contributed by atoms with Crippen molar-refractivity contribution in [1.82, 2.24) is 4.98 Å². The Morgan fingerprint density at radius 1 is 1.64 bits per heavy atom. The van der Waals surface area contributed by atoms with Crippen LogP contribution in [-0.2, 0) is 0 Å². The maximum atomic E-state index is 7.98. The van der Waals surface area contributed by atoms with E-state index in [2.05, 4.69) is 26.9 Å². The predicted molar refractivity (Wildman–Crippen MR) is 54.6 cm³/mol. The van der Waals surface area contributed by atoms with Gasteiger partial charge in [0.1, 0.15) is 5.69 Å². The molecule has 14 heavy (non-hydrogen) atoms. The molecule has 0 aromatic carbocycles. The molecule has 0 amide bonds. The average molecular weight is 208 g/mol. The van der Waals surface area contributed by atoms with Crippen molar-refractivity contribution in [3.05, 3.63) is 33.4 Å². The summed E-state index contributed by atoms with van der Waals surface area (Å²) in [5, 5.41) is 3.47. The van der Waals surface area contributed by atoms with Crippen LogP contribution in [0.4, 0.5) is 5.69 Å². The van der Waals surface area contributed by atoms with E-state index in [0.29, 0.717) is 11.4 Å². The topological polar surface area (TPSA) is 87.7 Å². The molecule has 0 spiro atoms. The number of nitrogens with zero attached hydrogens (tertiary/aromatic N) is 4. The van der Waals surface area contributed by atoms with Crippen molar-refractivity contribution < 1.29 is 0 Å². The highest BCUT2D eigenvalue weighted by atomic mass is 35.5. The molecule has 1 aromatic rings. The second kappa shape index (κ2) is 4.97. The van der Waals surface area contributed by atoms with Gasteiger partial charge in [-0.25, -0.2) is 4.98 Å². The highest BCUT2D eigenvalue weighted by molar-refractivity contribution is 6.31. The third-order valence-corrected chi connectivity index (χ3v) is 1.61. The summed E-state index contributed by atoms with van der Waals surface area (Å²) in [6.45, 7) is 0.111. The molecule has 70 valence electrons. The summed E-state index contributed by atoms with van der Waals surface area (Å²) in [6, 6.07) is 3.26. The summed E-state index contributed by atoms with van der Waals surface area (Å²) in [7, 11) is 0. The Hall–Kier alpha value is -1.89. The van der Waals surface area contributed by atoms with E-state index < -0.39 is 0 Å². The van der Waals surface area contributed by atoms with E-state index in [-0.39, 0.29) is 11.7 Å². The lowest BCUT2D eigenvalue weighted by Crippen LogP contribution is -1.90. The largest absolute Gasteiger partial charge is 0.396 e.